The first-order chi connectivity index (χ1) is 9.43. The molecule has 104 valence electrons. The van der Waals surface area contributed by atoms with Gasteiger partial charge in [-0.25, -0.2) is 0 Å². The first-order valence-corrected chi connectivity index (χ1v) is 7.93. The fourth-order valence-electron chi connectivity index (χ4n) is 3.66. The Morgan fingerprint density at radius 3 is 2.58 bits per heavy atom. The Hall–Kier alpha value is -0.860. The second-order valence-corrected chi connectivity index (χ2v) is 6.11. The van der Waals surface area contributed by atoms with Crippen LogP contribution in [0.25, 0.3) is 0 Å². The first-order valence-electron chi connectivity index (χ1n) is 7.93. The summed E-state index contributed by atoms with van der Waals surface area (Å²) in [5, 5.41) is 3.48. The van der Waals surface area contributed by atoms with Crippen molar-refractivity contribution < 1.29 is 0 Å². The summed E-state index contributed by atoms with van der Waals surface area (Å²) in [7, 11) is 0. The zero-order valence-corrected chi connectivity index (χ0v) is 11.9. The molecule has 2 aliphatic rings. The lowest BCUT2D eigenvalue weighted by Gasteiger charge is -2.39. The highest BCUT2D eigenvalue weighted by Crippen LogP contribution is 2.32. The molecule has 1 N–H and O–H groups in total. The average Bonchev–Trinajstić information content (AvgIpc) is 2.50. The lowest BCUT2D eigenvalue weighted by Crippen LogP contribution is -2.40. The predicted octanol–water partition coefficient (Wildman–Crippen LogP) is 3.21. The van der Waals surface area contributed by atoms with Gasteiger partial charge in [-0.15, -0.1) is 0 Å². The number of benzene rings is 1. The molecule has 0 saturated carbocycles. The molecular formula is C17H26N2. The third kappa shape index (κ3) is 3.37. The summed E-state index contributed by atoms with van der Waals surface area (Å²) in [6, 6.07) is 11.8. The van der Waals surface area contributed by atoms with E-state index in [4.69, 9.17) is 0 Å². The van der Waals surface area contributed by atoms with Crippen molar-refractivity contribution >= 4 is 0 Å². The number of hydrogen-bond donors (Lipinski definition) is 1. The molecule has 1 aromatic rings. The molecule has 0 bridgehead atoms. The Balaban J connectivity index is 1.66. The van der Waals surface area contributed by atoms with E-state index in [2.05, 4.69) is 40.5 Å². The Bertz CT molecular complexity index is 370. The quantitative estimate of drug-likeness (QED) is 0.895. The molecule has 19 heavy (non-hydrogen) atoms. The van der Waals surface area contributed by atoms with Gasteiger partial charge >= 0.3 is 0 Å². The number of nitrogens with one attached hydrogen (secondary N) is 1. The SMILES string of the molecule is c1ccc(C2CCCCN2CC2CCNCC2)cc1. The third-order valence-electron chi connectivity index (χ3n) is 4.75. The molecule has 1 atom stereocenters. The smallest absolute Gasteiger partial charge is 0.0348 e. The van der Waals surface area contributed by atoms with E-state index in [0.29, 0.717) is 6.04 Å². The summed E-state index contributed by atoms with van der Waals surface area (Å²) in [4.78, 5) is 2.76. The minimum atomic E-state index is 0.671. The largest absolute Gasteiger partial charge is 0.317 e. The van der Waals surface area contributed by atoms with Gasteiger partial charge in [-0.2, -0.15) is 0 Å². The zero-order chi connectivity index (χ0) is 12.9. The van der Waals surface area contributed by atoms with Gasteiger partial charge in [0.05, 0.1) is 0 Å². The van der Waals surface area contributed by atoms with Gasteiger partial charge < -0.3 is 5.32 Å². The maximum atomic E-state index is 3.48. The van der Waals surface area contributed by atoms with E-state index in [-0.39, 0.29) is 0 Å². The van der Waals surface area contributed by atoms with Crippen LogP contribution in [0.1, 0.15) is 43.7 Å². The fourth-order valence-corrected chi connectivity index (χ4v) is 3.66. The van der Waals surface area contributed by atoms with Gasteiger partial charge in [-0.05, 0) is 56.8 Å². The molecule has 2 nitrogen and oxygen atoms in total. The molecular weight excluding hydrogens is 232 g/mol. The fraction of sp³-hybridized carbons (Fsp3) is 0.647. The van der Waals surface area contributed by atoms with Crippen molar-refractivity contribution in [2.75, 3.05) is 26.2 Å². The van der Waals surface area contributed by atoms with Gasteiger partial charge in [0, 0.05) is 12.6 Å². The minimum Gasteiger partial charge on any atom is -0.317 e. The van der Waals surface area contributed by atoms with E-state index >= 15 is 0 Å². The van der Waals surface area contributed by atoms with Crippen LogP contribution in [0, 0.1) is 5.92 Å². The highest BCUT2D eigenvalue weighted by Gasteiger charge is 2.26. The standard InChI is InChI=1S/C17H26N2/c1-2-6-16(7-3-1)17-8-4-5-13-19(17)14-15-9-11-18-12-10-15/h1-3,6-7,15,17-18H,4-5,8-14H2. The van der Waals surface area contributed by atoms with Gasteiger partial charge in [0.2, 0.25) is 0 Å². The van der Waals surface area contributed by atoms with Crippen molar-refractivity contribution in [1.82, 2.24) is 10.2 Å². The van der Waals surface area contributed by atoms with Gasteiger partial charge in [0.1, 0.15) is 0 Å². The molecule has 0 spiro atoms. The second kappa shape index (κ2) is 6.53. The number of rotatable bonds is 3. The van der Waals surface area contributed by atoms with Crippen molar-refractivity contribution in [2.45, 2.75) is 38.1 Å². The topological polar surface area (TPSA) is 15.3 Å². The molecule has 0 aliphatic carbocycles. The Labute approximate surface area is 117 Å². The molecule has 2 aliphatic heterocycles. The van der Waals surface area contributed by atoms with Crippen LogP contribution in [-0.2, 0) is 0 Å². The summed E-state index contributed by atoms with van der Waals surface area (Å²) in [5.74, 6) is 0.908. The number of hydrogen-bond acceptors (Lipinski definition) is 2. The van der Waals surface area contributed by atoms with E-state index in [9.17, 15) is 0 Å². The summed E-state index contributed by atoms with van der Waals surface area (Å²) in [6.45, 7) is 5.04. The van der Waals surface area contributed by atoms with Crippen LogP contribution in [0.3, 0.4) is 0 Å². The normalized spacial score (nSPS) is 26.4. The summed E-state index contributed by atoms with van der Waals surface area (Å²) in [5.41, 5.74) is 1.52. The Morgan fingerprint density at radius 1 is 1.00 bits per heavy atom. The van der Waals surface area contributed by atoms with Crippen LogP contribution in [0.5, 0.6) is 0 Å². The minimum absolute atomic E-state index is 0.671. The number of piperidine rings is 2. The highest BCUT2D eigenvalue weighted by molar-refractivity contribution is 5.19. The van der Waals surface area contributed by atoms with Crippen molar-refractivity contribution in [1.29, 1.82) is 0 Å². The average molecular weight is 258 g/mol. The maximum absolute atomic E-state index is 3.48. The summed E-state index contributed by atoms with van der Waals surface area (Å²) in [6.07, 6.45) is 6.83. The van der Waals surface area contributed by atoms with E-state index in [0.717, 1.165) is 5.92 Å². The lowest BCUT2D eigenvalue weighted by atomic mass is 9.91. The van der Waals surface area contributed by atoms with E-state index < -0.39 is 0 Å². The van der Waals surface area contributed by atoms with Crippen LogP contribution in [0.4, 0.5) is 0 Å². The lowest BCUT2D eigenvalue weighted by molar-refractivity contribution is 0.115. The molecule has 2 heterocycles. The van der Waals surface area contributed by atoms with Crippen LogP contribution in [-0.4, -0.2) is 31.1 Å². The van der Waals surface area contributed by atoms with Crippen molar-refractivity contribution in [2.24, 2.45) is 5.92 Å². The van der Waals surface area contributed by atoms with Crippen LogP contribution in [0.15, 0.2) is 30.3 Å². The van der Waals surface area contributed by atoms with Gasteiger partial charge in [0.25, 0.3) is 0 Å². The molecule has 0 amide bonds. The molecule has 1 unspecified atom stereocenters. The monoisotopic (exact) mass is 258 g/mol. The van der Waals surface area contributed by atoms with Crippen LogP contribution in [0.2, 0.25) is 0 Å². The molecule has 2 fully saturated rings. The predicted molar refractivity (Wildman–Crippen MR) is 80.2 cm³/mol. The molecule has 1 aromatic carbocycles. The summed E-state index contributed by atoms with van der Waals surface area (Å²) >= 11 is 0. The number of nitrogens with zero attached hydrogens (tertiary/aromatic N) is 1. The van der Waals surface area contributed by atoms with Gasteiger partial charge in [0.15, 0.2) is 0 Å². The Morgan fingerprint density at radius 2 is 1.79 bits per heavy atom. The van der Waals surface area contributed by atoms with E-state index in [1.54, 1.807) is 0 Å². The van der Waals surface area contributed by atoms with Gasteiger partial charge in [-0.3, -0.25) is 4.90 Å². The Kier molecular flexibility index (Phi) is 4.52. The second-order valence-electron chi connectivity index (χ2n) is 6.11. The number of likely N-dealkylation sites (tertiary alicyclic amines) is 1. The maximum Gasteiger partial charge on any atom is 0.0348 e. The van der Waals surface area contributed by atoms with Gasteiger partial charge in [-0.1, -0.05) is 36.8 Å². The van der Waals surface area contributed by atoms with E-state index in [1.165, 1.54) is 63.8 Å². The van der Waals surface area contributed by atoms with Crippen LogP contribution < -0.4 is 5.32 Å². The van der Waals surface area contributed by atoms with Crippen molar-refractivity contribution in [3.8, 4) is 0 Å². The molecule has 3 rings (SSSR count). The third-order valence-corrected chi connectivity index (χ3v) is 4.75. The molecule has 0 aromatic heterocycles. The zero-order valence-electron chi connectivity index (χ0n) is 11.9. The molecule has 0 radical (unpaired) electrons. The highest BCUT2D eigenvalue weighted by atomic mass is 15.2. The van der Waals surface area contributed by atoms with Crippen molar-refractivity contribution in [3.05, 3.63) is 35.9 Å². The summed E-state index contributed by atoms with van der Waals surface area (Å²) < 4.78 is 0. The molecule has 2 saturated heterocycles. The van der Waals surface area contributed by atoms with Crippen molar-refractivity contribution in [3.63, 3.8) is 0 Å². The van der Waals surface area contributed by atoms with E-state index in [1.807, 2.05) is 0 Å². The molecule has 2 heteroatoms. The first kappa shape index (κ1) is 13.1. The van der Waals surface area contributed by atoms with Crippen LogP contribution >= 0.6 is 0 Å².